The van der Waals surface area contributed by atoms with Gasteiger partial charge in [0, 0.05) is 7.05 Å². The minimum atomic E-state index is -0.339. The summed E-state index contributed by atoms with van der Waals surface area (Å²) in [6.45, 7) is 0. The molecule has 6 heteroatoms. The number of benzene rings is 1. The lowest BCUT2D eigenvalue weighted by atomic mass is 10.2. The van der Waals surface area contributed by atoms with E-state index in [2.05, 4.69) is 20.9 Å². The first-order chi connectivity index (χ1) is 7.74. The highest BCUT2D eigenvalue weighted by Gasteiger charge is 2.19. The molecule has 1 aliphatic heterocycles. The Morgan fingerprint density at radius 1 is 1.50 bits per heavy atom. The first kappa shape index (κ1) is 9.98. The Morgan fingerprint density at radius 2 is 2.31 bits per heavy atom. The predicted molar refractivity (Wildman–Crippen MR) is 59.0 cm³/mol. The van der Waals surface area contributed by atoms with Gasteiger partial charge >= 0.3 is 6.03 Å². The van der Waals surface area contributed by atoms with Crippen LogP contribution in [-0.4, -0.2) is 18.9 Å². The van der Waals surface area contributed by atoms with E-state index >= 15 is 0 Å². The molecule has 0 aliphatic carbocycles. The molecule has 1 aromatic carbocycles. The second-order valence-corrected chi connectivity index (χ2v) is 3.04. The monoisotopic (exact) mass is 214 g/mol. The van der Waals surface area contributed by atoms with Crippen molar-refractivity contribution in [3.05, 3.63) is 18.2 Å². The third kappa shape index (κ3) is 1.66. The van der Waals surface area contributed by atoms with Gasteiger partial charge in [-0.25, -0.2) is 15.1 Å². The van der Waals surface area contributed by atoms with E-state index in [-0.39, 0.29) is 11.9 Å². The number of amidine groups is 1. The van der Waals surface area contributed by atoms with Crippen molar-refractivity contribution in [3.63, 3.8) is 0 Å². The predicted octanol–water partition coefficient (Wildman–Crippen LogP) is 1.24. The van der Waals surface area contributed by atoms with E-state index in [9.17, 15) is 4.79 Å². The number of amides is 2. The Labute approximate surface area is 92.0 Å². The van der Waals surface area contributed by atoms with E-state index in [1.807, 2.05) is 6.07 Å². The van der Waals surface area contributed by atoms with Gasteiger partial charge in [0.1, 0.15) is 11.8 Å². The number of carbonyl (C=O) groups excluding carboxylic acids is 1. The van der Waals surface area contributed by atoms with Crippen LogP contribution in [-0.2, 0) is 0 Å². The number of nitriles is 1. The van der Waals surface area contributed by atoms with Crippen LogP contribution in [0.4, 0.5) is 21.9 Å². The molecule has 0 unspecified atom stereocenters. The summed E-state index contributed by atoms with van der Waals surface area (Å²) < 4.78 is 0. The molecule has 0 fully saturated rings. The molecule has 0 aromatic heterocycles. The van der Waals surface area contributed by atoms with Crippen molar-refractivity contribution in [2.45, 2.75) is 0 Å². The number of urea groups is 1. The Morgan fingerprint density at radius 3 is 3.00 bits per heavy atom. The second kappa shape index (κ2) is 3.90. The lowest BCUT2D eigenvalue weighted by Gasteiger charge is -2.06. The largest absolute Gasteiger partial charge is 0.341 e. The van der Waals surface area contributed by atoms with Crippen molar-refractivity contribution < 1.29 is 4.79 Å². The Balaban J connectivity index is 2.35. The van der Waals surface area contributed by atoms with Gasteiger partial charge in [-0.3, -0.25) is 0 Å². The molecule has 6 nitrogen and oxygen atoms in total. The highest BCUT2D eigenvalue weighted by molar-refractivity contribution is 6.09. The van der Waals surface area contributed by atoms with E-state index in [0.29, 0.717) is 17.1 Å². The maximum atomic E-state index is 11.2. The zero-order chi connectivity index (χ0) is 11.5. The van der Waals surface area contributed by atoms with Gasteiger partial charge in [-0.15, -0.1) is 0 Å². The van der Waals surface area contributed by atoms with E-state index in [4.69, 9.17) is 5.26 Å². The number of carbonyl (C=O) groups is 1. The minimum Gasteiger partial charge on any atom is -0.341 e. The molecule has 2 rings (SSSR count). The molecule has 0 spiro atoms. The third-order valence-corrected chi connectivity index (χ3v) is 2.03. The SMILES string of the molecule is CNC(=O)Nc1cccc2c1N=C(C#N)[N]2. The zero-order valence-corrected chi connectivity index (χ0v) is 8.48. The van der Waals surface area contributed by atoms with Gasteiger partial charge in [0.15, 0.2) is 0 Å². The molecule has 1 aliphatic rings. The molecule has 79 valence electrons. The van der Waals surface area contributed by atoms with Crippen molar-refractivity contribution in [1.29, 1.82) is 5.26 Å². The van der Waals surface area contributed by atoms with Crippen molar-refractivity contribution in [3.8, 4) is 6.07 Å². The highest BCUT2D eigenvalue weighted by Crippen LogP contribution is 2.37. The molecular formula is C10H8N5O. The van der Waals surface area contributed by atoms with Gasteiger partial charge in [0.05, 0.1) is 11.4 Å². The summed E-state index contributed by atoms with van der Waals surface area (Å²) in [5.41, 5.74) is 1.64. The molecule has 0 saturated heterocycles. The molecule has 2 amide bonds. The van der Waals surface area contributed by atoms with Gasteiger partial charge in [0.25, 0.3) is 0 Å². The number of hydrogen-bond donors (Lipinski definition) is 2. The summed E-state index contributed by atoms with van der Waals surface area (Å²) in [5, 5.41) is 17.7. The van der Waals surface area contributed by atoms with Gasteiger partial charge in [-0.05, 0) is 12.1 Å². The lowest BCUT2D eigenvalue weighted by molar-refractivity contribution is 0.254. The minimum absolute atomic E-state index is 0.0983. The first-order valence-electron chi connectivity index (χ1n) is 4.57. The molecule has 16 heavy (non-hydrogen) atoms. The number of para-hydroxylation sites is 1. The van der Waals surface area contributed by atoms with E-state index in [0.717, 1.165) is 0 Å². The Bertz CT molecular complexity index is 514. The fourth-order valence-corrected chi connectivity index (χ4v) is 1.32. The van der Waals surface area contributed by atoms with Crippen molar-refractivity contribution >= 4 is 28.9 Å². The second-order valence-electron chi connectivity index (χ2n) is 3.04. The molecule has 0 bridgehead atoms. The Kier molecular flexibility index (Phi) is 2.44. The van der Waals surface area contributed by atoms with Gasteiger partial charge in [-0.1, -0.05) is 6.07 Å². The van der Waals surface area contributed by atoms with Crippen LogP contribution in [0.25, 0.3) is 0 Å². The number of anilines is 1. The molecule has 1 heterocycles. The number of fused-ring (bicyclic) bond motifs is 1. The number of nitrogens with zero attached hydrogens (tertiary/aromatic N) is 3. The Hall–Kier alpha value is -2.55. The number of hydrogen-bond acceptors (Lipinski definition) is 3. The van der Waals surface area contributed by atoms with Crippen LogP contribution in [0.1, 0.15) is 0 Å². The van der Waals surface area contributed by atoms with Crippen molar-refractivity contribution in [2.75, 3.05) is 12.4 Å². The summed E-state index contributed by atoms with van der Waals surface area (Å²) >= 11 is 0. The zero-order valence-electron chi connectivity index (χ0n) is 8.48. The van der Waals surface area contributed by atoms with E-state index in [1.54, 1.807) is 18.2 Å². The van der Waals surface area contributed by atoms with Crippen molar-refractivity contribution in [2.24, 2.45) is 4.99 Å². The van der Waals surface area contributed by atoms with Crippen LogP contribution in [0.2, 0.25) is 0 Å². The summed E-state index contributed by atoms with van der Waals surface area (Å²) in [7, 11) is 1.52. The van der Waals surface area contributed by atoms with Crippen LogP contribution in [0.5, 0.6) is 0 Å². The number of rotatable bonds is 1. The van der Waals surface area contributed by atoms with Crippen LogP contribution in [0.15, 0.2) is 23.2 Å². The number of aliphatic imine (C=N–C) groups is 1. The smallest absolute Gasteiger partial charge is 0.319 e. The fourth-order valence-electron chi connectivity index (χ4n) is 1.32. The highest BCUT2D eigenvalue weighted by atomic mass is 16.2. The van der Waals surface area contributed by atoms with Gasteiger partial charge in [0.2, 0.25) is 5.84 Å². The average molecular weight is 214 g/mol. The standard InChI is InChI=1S/C10H8N5O/c1-12-10(16)14-7-4-2-3-6-9(7)15-8(5-11)13-6/h2-4H,1H3,(H2,12,14,16). The van der Waals surface area contributed by atoms with Gasteiger partial charge in [-0.2, -0.15) is 5.26 Å². The lowest BCUT2D eigenvalue weighted by Crippen LogP contribution is -2.24. The first-order valence-corrected chi connectivity index (χ1v) is 4.57. The maximum absolute atomic E-state index is 11.2. The van der Waals surface area contributed by atoms with Crippen LogP contribution < -0.4 is 16.0 Å². The fraction of sp³-hybridized carbons (Fsp3) is 0.100. The average Bonchev–Trinajstić information content (AvgIpc) is 2.73. The number of nitrogens with one attached hydrogen (secondary N) is 2. The van der Waals surface area contributed by atoms with E-state index in [1.165, 1.54) is 7.05 Å². The summed E-state index contributed by atoms with van der Waals surface area (Å²) in [6, 6.07) is 6.70. The molecule has 0 atom stereocenters. The third-order valence-electron chi connectivity index (χ3n) is 2.03. The normalized spacial score (nSPS) is 11.9. The molecule has 2 N–H and O–H groups in total. The molecule has 0 saturated carbocycles. The molecule has 1 aromatic rings. The molecular weight excluding hydrogens is 206 g/mol. The van der Waals surface area contributed by atoms with Crippen molar-refractivity contribution in [1.82, 2.24) is 10.6 Å². The summed E-state index contributed by atoms with van der Waals surface area (Å²) in [5.74, 6) is 0.0983. The van der Waals surface area contributed by atoms with Crippen LogP contribution in [0.3, 0.4) is 0 Å². The topological polar surface area (TPSA) is 91.4 Å². The van der Waals surface area contributed by atoms with Crippen LogP contribution in [0, 0.1) is 11.3 Å². The molecule has 1 radical (unpaired) electrons. The summed E-state index contributed by atoms with van der Waals surface area (Å²) in [4.78, 5) is 15.2. The maximum Gasteiger partial charge on any atom is 0.319 e. The van der Waals surface area contributed by atoms with Gasteiger partial charge < -0.3 is 10.6 Å². The summed E-state index contributed by atoms with van der Waals surface area (Å²) in [6.07, 6.45) is 0. The van der Waals surface area contributed by atoms with E-state index < -0.39 is 0 Å². The quantitative estimate of drug-likeness (QED) is 0.736. The van der Waals surface area contributed by atoms with Crippen LogP contribution >= 0.6 is 0 Å².